The molecule has 0 radical (unpaired) electrons. The Morgan fingerprint density at radius 1 is 1.26 bits per heavy atom. The third kappa shape index (κ3) is 2.94. The summed E-state index contributed by atoms with van der Waals surface area (Å²) in [4.78, 5) is 0. The van der Waals surface area contributed by atoms with Gasteiger partial charge in [0.05, 0.1) is 11.8 Å². The SMILES string of the molecule is CC(C)N1CC[C@H](C)O[P@]1(=O)[C@H](C)c1ccccc1. The molecule has 1 aromatic carbocycles. The van der Waals surface area contributed by atoms with Crippen molar-refractivity contribution >= 4 is 7.52 Å². The van der Waals surface area contributed by atoms with Gasteiger partial charge in [-0.1, -0.05) is 30.3 Å². The van der Waals surface area contributed by atoms with Gasteiger partial charge in [-0.05, 0) is 39.7 Å². The largest absolute Gasteiger partial charge is 0.314 e. The average Bonchev–Trinajstić information content (AvgIpc) is 2.38. The van der Waals surface area contributed by atoms with E-state index in [0.29, 0.717) is 0 Å². The van der Waals surface area contributed by atoms with E-state index in [2.05, 4.69) is 18.5 Å². The van der Waals surface area contributed by atoms with Crippen LogP contribution in [0.15, 0.2) is 30.3 Å². The average molecular weight is 281 g/mol. The van der Waals surface area contributed by atoms with E-state index in [0.717, 1.165) is 18.5 Å². The Morgan fingerprint density at radius 2 is 1.89 bits per heavy atom. The smallest absolute Gasteiger partial charge is 0.279 e. The van der Waals surface area contributed by atoms with Crippen molar-refractivity contribution in [3.8, 4) is 0 Å². The number of hydrogen-bond donors (Lipinski definition) is 0. The van der Waals surface area contributed by atoms with Gasteiger partial charge in [0.25, 0.3) is 7.52 Å². The van der Waals surface area contributed by atoms with Gasteiger partial charge in [0.1, 0.15) is 0 Å². The van der Waals surface area contributed by atoms with Crippen molar-refractivity contribution in [2.45, 2.75) is 51.9 Å². The molecule has 0 unspecified atom stereocenters. The highest BCUT2D eigenvalue weighted by molar-refractivity contribution is 7.57. The van der Waals surface area contributed by atoms with E-state index < -0.39 is 7.52 Å². The summed E-state index contributed by atoms with van der Waals surface area (Å²) >= 11 is 0. The fourth-order valence-electron chi connectivity index (χ4n) is 2.64. The van der Waals surface area contributed by atoms with Crippen LogP contribution in [-0.2, 0) is 9.09 Å². The lowest BCUT2D eigenvalue weighted by atomic mass is 10.2. The van der Waals surface area contributed by atoms with E-state index in [1.165, 1.54) is 0 Å². The van der Waals surface area contributed by atoms with Gasteiger partial charge in [-0.2, -0.15) is 0 Å². The van der Waals surface area contributed by atoms with Crippen LogP contribution in [0.1, 0.15) is 45.3 Å². The third-order valence-corrected chi connectivity index (χ3v) is 7.14. The number of hydrogen-bond acceptors (Lipinski definition) is 2. The van der Waals surface area contributed by atoms with Crippen LogP contribution in [0.25, 0.3) is 0 Å². The minimum atomic E-state index is -2.82. The van der Waals surface area contributed by atoms with Crippen molar-refractivity contribution in [3.05, 3.63) is 35.9 Å². The van der Waals surface area contributed by atoms with Gasteiger partial charge >= 0.3 is 0 Å². The Labute approximate surface area is 116 Å². The molecule has 0 aromatic heterocycles. The molecule has 0 spiro atoms. The Bertz CT molecular complexity index is 460. The van der Waals surface area contributed by atoms with Gasteiger partial charge in [0.15, 0.2) is 0 Å². The molecule has 0 saturated carbocycles. The van der Waals surface area contributed by atoms with E-state index in [1.807, 2.05) is 44.2 Å². The normalized spacial score (nSPS) is 30.5. The zero-order chi connectivity index (χ0) is 14.0. The first-order valence-corrected chi connectivity index (χ1v) is 8.70. The fraction of sp³-hybridized carbons (Fsp3) is 0.600. The molecule has 0 amide bonds. The minimum absolute atomic E-state index is 0.0759. The summed E-state index contributed by atoms with van der Waals surface area (Å²) in [5.74, 6) is 0. The summed E-state index contributed by atoms with van der Waals surface area (Å²) in [5.41, 5.74) is 1.00. The highest BCUT2D eigenvalue weighted by atomic mass is 31.2. The summed E-state index contributed by atoms with van der Waals surface area (Å²) in [7, 11) is -2.82. The van der Waals surface area contributed by atoms with Crippen molar-refractivity contribution in [1.82, 2.24) is 4.67 Å². The zero-order valence-electron chi connectivity index (χ0n) is 12.2. The first-order valence-electron chi connectivity index (χ1n) is 7.05. The molecular formula is C15H24NO2P. The molecule has 3 nitrogen and oxygen atoms in total. The van der Waals surface area contributed by atoms with Gasteiger partial charge in [-0.25, -0.2) is 4.67 Å². The van der Waals surface area contributed by atoms with Crippen LogP contribution >= 0.6 is 7.52 Å². The second-order valence-corrected chi connectivity index (χ2v) is 8.24. The highest BCUT2D eigenvalue weighted by Gasteiger charge is 2.43. The van der Waals surface area contributed by atoms with Crippen molar-refractivity contribution in [1.29, 1.82) is 0 Å². The van der Waals surface area contributed by atoms with Gasteiger partial charge in [0.2, 0.25) is 0 Å². The Balaban J connectivity index is 2.34. The number of nitrogens with zero attached hydrogens (tertiary/aromatic N) is 1. The zero-order valence-corrected chi connectivity index (χ0v) is 13.1. The van der Waals surface area contributed by atoms with Crippen molar-refractivity contribution in [2.75, 3.05) is 6.54 Å². The molecule has 2 rings (SSSR count). The molecule has 4 heteroatoms. The minimum Gasteiger partial charge on any atom is -0.314 e. The third-order valence-electron chi connectivity index (χ3n) is 3.82. The van der Waals surface area contributed by atoms with E-state index in [-0.39, 0.29) is 17.8 Å². The molecule has 1 saturated heterocycles. The Morgan fingerprint density at radius 3 is 2.47 bits per heavy atom. The van der Waals surface area contributed by atoms with Crippen LogP contribution in [0.2, 0.25) is 0 Å². The monoisotopic (exact) mass is 281 g/mol. The number of rotatable bonds is 3. The van der Waals surface area contributed by atoms with Crippen LogP contribution in [0.3, 0.4) is 0 Å². The lowest BCUT2D eigenvalue weighted by molar-refractivity contribution is 0.123. The van der Waals surface area contributed by atoms with Crippen LogP contribution in [0, 0.1) is 0 Å². The number of benzene rings is 1. The molecule has 0 bridgehead atoms. The highest BCUT2D eigenvalue weighted by Crippen LogP contribution is 2.65. The van der Waals surface area contributed by atoms with Crippen LogP contribution in [0.4, 0.5) is 0 Å². The maximum atomic E-state index is 13.4. The maximum Gasteiger partial charge on any atom is 0.279 e. The summed E-state index contributed by atoms with van der Waals surface area (Å²) in [6, 6.07) is 10.3. The van der Waals surface area contributed by atoms with E-state index in [9.17, 15) is 4.57 Å². The van der Waals surface area contributed by atoms with Gasteiger partial charge < -0.3 is 4.52 Å². The van der Waals surface area contributed by atoms with Crippen molar-refractivity contribution in [3.63, 3.8) is 0 Å². The van der Waals surface area contributed by atoms with E-state index in [1.54, 1.807) is 0 Å². The molecule has 1 aliphatic rings. The summed E-state index contributed by atoms with van der Waals surface area (Å²) in [6.45, 7) is 9.06. The molecule has 19 heavy (non-hydrogen) atoms. The summed E-state index contributed by atoms with van der Waals surface area (Å²) in [6.07, 6.45) is 1.02. The van der Waals surface area contributed by atoms with Crippen molar-refractivity contribution < 1.29 is 9.09 Å². The Kier molecular flexibility index (Phi) is 4.50. The second-order valence-electron chi connectivity index (χ2n) is 5.61. The molecule has 1 aliphatic heterocycles. The molecule has 1 heterocycles. The van der Waals surface area contributed by atoms with Gasteiger partial charge in [-0.3, -0.25) is 4.57 Å². The first kappa shape index (κ1) is 14.8. The predicted molar refractivity (Wildman–Crippen MR) is 79.5 cm³/mol. The molecule has 3 atom stereocenters. The van der Waals surface area contributed by atoms with E-state index >= 15 is 0 Å². The quantitative estimate of drug-likeness (QED) is 0.766. The van der Waals surface area contributed by atoms with Gasteiger partial charge in [-0.15, -0.1) is 0 Å². The summed E-state index contributed by atoms with van der Waals surface area (Å²) < 4.78 is 21.4. The molecule has 1 aromatic rings. The molecule has 0 aliphatic carbocycles. The second kappa shape index (κ2) is 5.78. The maximum absolute atomic E-state index is 13.4. The summed E-state index contributed by atoms with van der Waals surface area (Å²) in [5, 5.41) is 0. The van der Waals surface area contributed by atoms with Crippen molar-refractivity contribution in [2.24, 2.45) is 0 Å². The molecule has 1 fully saturated rings. The fourth-order valence-corrected chi connectivity index (χ4v) is 5.59. The van der Waals surface area contributed by atoms with Crippen LogP contribution < -0.4 is 0 Å². The predicted octanol–water partition coefficient (Wildman–Crippen LogP) is 4.46. The standard InChI is InChI=1S/C15H24NO2P/c1-12(2)16-11-10-13(3)18-19(16,17)14(4)15-8-6-5-7-9-15/h5-9,12-14H,10-11H2,1-4H3/t13-,14+,19+/m0/s1. The first-order chi connectivity index (χ1) is 8.95. The lowest BCUT2D eigenvalue weighted by Crippen LogP contribution is -2.38. The molecule has 106 valence electrons. The molecule has 0 N–H and O–H groups in total. The van der Waals surface area contributed by atoms with Gasteiger partial charge in [0, 0.05) is 12.6 Å². The lowest BCUT2D eigenvalue weighted by Gasteiger charge is -2.43. The Hall–Kier alpha value is -0.630. The van der Waals surface area contributed by atoms with Crippen LogP contribution in [0.5, 0.6) is 0 Å². The topological polar surface area (TPSA) is 29.5 Å². The molecular weight excluding hydrogens is 257 g/mol. The van der Waals surface area contributed by atoms with Crippen LogP contribution in [-0.4, -0.2) is 23.4 Å². The van der Waals surface area contributed by atoms with E-state index in [4.69, 9.17) is 4.52 Å².